The summed E-state index contributed by atoms with van der Waals surface area (Å²) in [5.74, 6) is 0. The van der Waals surface area contributed by atoms with Crippen molar-refractivity contribution in [3.8, 4) is 0 Å². The van der Waals surface area contributed by atoms with Crippen LogP contribution in [0, 0.1) is 6.20 Å². The van der Waals surface area contributed by atoms with Crippen molar-refractivity contribution in [2.75, 3.05) is 0 Å². The molecule has 1 radical (unpaired) electrons. The van der Waals surface area contributed by atoms with Gasteiger partial charge in [-0.05, 0) is 6.92 Å². The van der Waals surface area contributed by atoms with E-state index in [1.165, 1.54) is 0 Å². The summed E-state index contributed by atoms with van der Waals surface area (Å²) in [6.45, 7) is 2.02. The first-order chi connectivity index (χ1) is 2.89. The van der Waals surface area contributed by atoms with Crippen molar-refractivity contribution in [3.63, 3.8) is 0 Å². The molecular weight excluding hydrogens is 76.1 g/mol. The first kappa shape index (κ1) is 3.53. The zero-order chi connectivity index (χ0) is 4.41. The lowest BCUT2D eigenvalue weighted by Gasteiger charge is -1.99. The molecule has 0 amide bonds. The van der Waals surface area contributed by atoms with Gasteiger partial charge in [0.2, 0.25) is 0 Å². The summed E-state index contributed by atoms with van der Waals surface area (Å²) in [7, 11) is 0. The van der Waals surface area contributed by atoms with E-state index in [9.17, 15) is 0 Å². The molecule has 1 aliphatic heterocycles. The Morgan fingerprint density at radius 2 is 2.67 bits per heavy atom. The third-order valence-corrected chi connectivity index (χ3v) is 0.705. The highest BCUT2D eigenvalue weighted by Gasteiger charge is 1.95. The average Bonchev–Trinajstić information content (AvgIpc) is 1.86. The first-order valence-corrected chi connectivity index (χ1v) is 1.98. The smallest absolute Gasteiger partial charge is 0.0931 e. The van der Waals surface area contributed by atoms with Crippen LogP contribution in [0.3, 0.4) is 0 Å². The maximum absolute atomic E-state index is 2.97. The van der Waals surface area contributed by atoms with Gasteiger partial charge in [-0.3, -0.25) is 0 Å². The highest BCUT2D eigenvalue weighted by atomic mass is 15.1. The van der Waals surface area contributed by atoms with Crippen LogP contribution in [-0.4, -0.2) is 6.17 Å². The van der Waals surface area contributed by atoms with Crippen LogP contribution in [0.5, 0.6) is 0 Å². The van der Waals surface area contributed by atoms with E-state index in [0.29, 0.717) is 6.17 Å². The quantitative estimate of drug-likeness (QED) is 0.424. The average molecular weight is 83.1 g/mol. The summed E-state index contributed by atoms with van der Waals surface area (Å²) in [5, 5.41) is 5.88. The molecule has 0 aromatic heterocycles. The molecule has 2 nitrogen and oxygen atoms in total. The minimum absolute atomic E-state index is 0.380. The summed E-state index contributed by atoms with van der Waals surface area (Å²) < 4.78 is 0. The van der Waals surface area contributed by atoms with E-state index < -0.39 is 0 Å². The van der Waals surface area contributed by atoms with Gasteiger partial charge in [0.1, 0.15) is 0 Å². The molecule has 0 saturated carbocycles. The Morgan fingerprint density at radius 1 is 1.83 bits per heavy atom. The zero-order valence-electron chi connectivity index (χ0n) is 3.65. The Kier molecular flexibility index (Phi) is 0.708. The molecule has 2 heteroatoms. The molecule has 1 rings (SSSR count). The van der Waals surface area contributed by atoms with E-state index in [1.54, 1.807) is 6.20 Å². The fraction of sp³-hybridized carbons (Fsp3) is 0.500. The summed E-state index contributed by atoms with van der Waals surface area (Å²) in [6, 6.07) is 0. The Hall–Kier alpha value is -0.660. The van der Waals surface area contributed by atoms with Crippen molar-refractivity contribution < 1.29 is 0 Å². The van der Waals surface area contributed by atoms with Crippen LogP contribution in [0.15, 0.2) is 6.20 Å². The molecule has 0 fully saturated rings. The van der Waals surface area contributed by atoms with Crippen LogP contribution in [0.2, 0.25) is 0 Å². The van der Waals surface area contributed by atoms with Gasteiger partial charge < -0.3 is 10.6 Å². The minimum atomic E-state index is 0.380. The van der Waals surface area contributed by atoms with Crippen LogP contribution in [0.1, 0.15) is 6.92 Å². The predicted octanol–water partition coefficient (Wildman–Crippen LogP) is -0.200. The first-order valence-electron chi connectivity index (χ1n) is 1.98. The van der Waals surface area contributed by atoms with Gasteiger partial charge in [0.15, 0.2) is 0 Å². The van der Waals surface area contributed by atoms with Gasteiger partial charge >= 0.3 is 0 Å². The number of hydrogen-bond acceptors (Lipinski definition) is 2. The lowest BCUT2D eigenvalue weighted by molar-refractivity contribution is 0.620. The van der Waals surface area contributed by atoms with E-state index in [1.807, 2.05) is 6.92 Å². The molecule has 6 heavy (non-hydrogen) atoms. The van der Waals surface area contributed by atoms with Crippen molar-refractivity contribution in [2.24, 2.45) is 0 Å². The Morgan fingerprint density at radius 3 is 2.83 bits per heavy atom. The topological polar surface area (TPSA) is 24.1 Å². The molecule has 1 heterocycles. The van der Waals surface area contributed by atoms with Crippen LogP contribution in [0.25, 0.3) is 0 Å². The normalized spacial score (nSPS) is 20.2. The van der Waals surface area contributed by atoms with E-state index in [-0.39, 0.29) is 0 Å². The molecule has 0 aromatic carbocycles. The van der Waals surface area contributed by atoms with Gasteiger partial charge in [-0.15, -0.1) is 0 Å². The SMILES string of the molecule is CC1N[C]=CN1. The zero-order valence-corrected chi connectivity index (χ0v) is 3.65. The van der Waals surface area contributed by atoms with Crippen LogP contribution >= 0.6 is 0 Å². The highest BCUT2D eigenvalue weighted by molar-refractivity contribution is 4.81. The third-order valence-electron chi connectivity index (χ3n) is 0.705. The largest absolute Gasteiger partial charge is 0.370 e. The lowest BCUT2D eigenvalue weighted by atomic mass is 10.6. The molecule has 2 N–H and O–H groups in total. The van der Waals surface area contributed by atoms with Crippen molar-refractivity contribution in [2.45, 2.75) is 13.1 Å². The molecule has 0 spiro atoms. The Balaban J connectivity index is 2.32. The van der Waals surface area contributed by atoms with Crippen molar-refractivity contribution in [1.82, 2.24) is 10.6 Å². The molecule has 0 aliphatic carbocycles. The summed E-state index contributed by atoms with van der Waals surface area (Å²) >= 11 is 0. The molecule has 0 saturated heterocycles. The summed E-state index contributed by atoms with van der Waals surface area (Å²) in [5.41, 5.74) is 0. The van der Waals surface area contributed by atoms with Gasteiger partial charge in [-0.25, -0.2) is 0 Å². The van der Waals surface area contributed by atoms with Crippen LogP contribution in [-0.2, 0) is 0 Å². The number of hydrogen-bond donors (Lipinski definition) is 2. The fourth-order valence-electron chi connectivity index (χ4n) is 0.375. The molecule has 33 valence electrons. The van der Waals surface area contributed by atoms with Gasteiger partial charge in [0.25, 0.3) is 0 Å². The summed E-state index contributed by atoms with van der Waals surface area (Å²) in [6.07, 6.45) is 4.93. The van der Waals surface area contributed by atoms with Crippen LogP contribution in [0.4, 0.5) is 0 Å². The molecule has 1 atom stereocenters. The summed E-state index contributed by atoms with van der Waals surface area (Å²) in [4.78, 5) is 0. The Bertz CT molecular complexity index is 59.9. The molecular formula is C4H7N2. The second-order valence-electron chi connectivity index (χ2n) is 1.32. The van der Waals surface area contributed by atoms with Gasteiger partial charge in [-0.1, -0.05) is 0 Å². The Labute approximate surface area is 37.2 Å². The maximum Gasteiger partial charge on any atom is 0.0931 e. The highest BCUT2D eigenvalue weighted by Crippen LogP contribution is 1.79. The number of nitrogens with one attached hydrogen (secondary N) is 2. The van der Waals surface area contributed by atoms with E-state index in [2.05, 4.69) is 16.8 Å². The standard InChI is InChI=1S/C4H7N2/c1-4-5-2-3-6-4/h2,4-6H,1H3. The van der Waals surface area contributed by atoms with Gasteiger partial charge in [0, 0.05) is 6.20 Å². The second-order valence-corrected chi connectivity index (χ2v) is 1.32. The van der Waals surface area contributed by atoms with E-state index >= 15 is 0 Å². The lowest BCUT2D eigenvalue weighted by Crippen LogP contribution is -2.26. The molecule has 0 bridgehead atoms. The fourth-order valence-corrected chi connectivity index (χ4v) is 0.375. The predicted molar refractivity (Wildman–Crippen MR) is 23.5 cm³/mol. The number of rotatable bonds is 0. The minimum Gasteiger partial charge on any atom is -0.370 e. The van der Waals surface area contributed by atoms with Crippen LogP contribution < -0.4 is 10.6 Å². The molecule has 1 aliphatic rings. The molecule has 1 unspecified atom stereocenters. The van der Waals surface area contributed by atoms with Crippen molar-refractivity contribution in [3.05, 3.63) is 12.4 Å². The van der Waals surface area contributed by atoms with E-state index in [0.717, 1.165) is 0 Å². The maximum atomic E-state index is 2.97. The second kappa shape index (κ2) is 1.20. The van der Waals surface area contributed by atoms with Gasteiger partial charge in [0.05, 0.1) is 12.4 Å². The van der Waals surface area contributed by atoms with Crippen molar-refractivity contribution in [1.29, 1.82) is 0 Å². The third kappa shape index (κ3) is 0.455. The van der Waals surface area contributed by atoms with E-state index in [4.69, 9.17) is 0 Å². The van der Waals surface area contributed by atoms with Crippen molar-refractivity contribution >= 4 is 0 Å². The van der Waals surface area contributed by atoms with Gasteiger partial charge in [-0.2, -0.15) is 0 Å². The molecule has 0 aromatic rings. The monoisotopic (exact) mass is 83.1 g/mol.